The number of hydrogen-bond donors (Lipinski definition) is 1. The van der Waals surface area contributed by atoms with Gasteiger partial charge in [0.05, 0.1) is 15.4 Å². The fourth-order valence-electron chi connectivity index (χ4n) is 2.20. The van der Waals surface area contributed by atoms with Gasteiger partial charge in [-0.25, -0.2) is 13.2 Å². The first-order chi connectivity index (χ1) is 10.5. The van der Waals surface area contributed by atoms with E-state index in [-0.39, 0.29) is 22.0 Å². The molecule has 2 aromatic rings. The Morgan fingerprint density at radius 2 is 1.82 bits per heavy atom. The second kappa shape index (κ2) is 5.31. The van der Waals surface area contributed by atoms with Gasteiger partial charge in [-0.3, -0.25) is 0 Å². The van der Waals surface area contributed by atoms with Crippen LogP contribution in [-0.2, 0) is 9.84 Å². The van der Waals surface area contributed by atoms with E-state index in [0.29, 0.717) is 11.3 Å². The van der Waals surface area contributed by atoms with Crippen molar-refractivity contribution in [1.82, 2.24) is 0 Å². The standard InChI is InChI=1S/C16H12O5S/c17-16(18)12-7-6-11-8-14(22(19,20)15(11)9-12)10-21-13-4-2-1-3-5-13/h1-9H,10H2,(H,17,18). The molecular weight excluding hydrogens is 304 g/mol. The molecule has 0 spiro atoms. The van der Waals surface area contributed by atoms with Crippen molar-refractivity contribution >= 4 is 21.9 Å². The average molecular weight is 316 g/mol. The number of aromatic carboxylic acids is 1. The van der Waals surface area contributed by atoms with E-state index in [2.05, 4.69) is 0 Å². The van der Waals surface area contributed by atoms with Crippen LogP contribution in [0.1, 0.15) is 15.9 Å². The van der Waals surface area contributed by atoms with E-state index in [9.17, 15) is 13.2 Å². The molecule has 0 aromatic heterocycles. The van der Waals surface area contributed by atoms with Crippen LogP contribution in [-0.4, -0.2) is 26.1 Å². The lowest BCUT2D eigenvalue weighted by molar-refractivity contribution is 0.0696. The van der Waals surface area contributed by atoms with Gasteiger partial charge in [0, 0.05) is 0 Å². The number of carboxylic acids is 1. The van der Waals surface area contributed by atoms with Crippen LogP contribution in [0.25, 0.3) is 6.08 Å². The van der Waals surface area contributed by atoms with Gasteiger partial charge in [0.25, 0.3) is 0 Å². The molecule has 112 valence electrons. The first-order valence-electron chi connectivity index (χ1n) is 6.49. The van der Waals surface area contributed by atoms with E-state index in [1.807, 2.05) is 6.07 Å². The quantitative estimate of drug-likeness (QED) is 0.937. The molecule has 0 unspecified atom stereocenters. The number of carbonyl (C=O) groups is 1. The zero-order valence-corrected chi connectivity index (χ0v) is 12.2. The molecule has 0 amide bonds. The summed E-state index contributed by atoms with van der Waals surface area (Å²) < 4.78 is 30.3. The van der Waals surface area contributed by atoms with Gasteiger partial charge in [-0.2, -0.15) is 0 Å². The topological polar surface area (TPSA) is 80.7 Å². The van der Waals surface area contributed by atoms with Gasteiger partial charge in [-0.1, -0.05) is 24.3 Å². The second-order valence-corrected chi connectivity index (χ2v) is 6.74. The van der Waals surface area contributed by atoms with Crippen molar-refractivity contribution in [3.05, 3.63) is 64.6 Å². The molecule has 6 heteroatoms. The summed E-state index contributed by atoms with van der Waals surface area (Å²) in [4.78, 5) is 11.1. The highest BCUT2D eigenvalue weighted by molar-refractivity contribution is 7.95. The molecule has 0 atom stereocenters. The molecular formula is C16H12O5S. The maximum absolute atomic E-state index is 12.4. The predicted octanol–water partition coefficient (Wildman–Crippen LogP) is 2.59. The predicted molar refractivity (Wildman–Crippen MR) is 80.5 cm³/mol. The van der Waals surface area contributed by atoms with Gasteiger partial charge in [0.2, 0.25) is 9.84 Å². The minimum Gasteiger partial charge on any atom is -0.488 e. The number of ether oxygens (including phenoxy) is 1. The van der Waals surface area contributed by atoms with Gasteiger partial charge < -0.3 is 9.84 Å². The Morgan fingerprint density at radius 3 is 2.50 bits per heavy atom. The molecule has 0 radical (unpaired) electrons. The molecule has 0 fully saturated rings. The minimum atomic E-state index is -3.70. The zero-order valence-electron chi connectivity index (χ0n) is 11.4. The molecule has 2 aromatic carbocycles. The minimum absolute atomic E-state index is 0.0130. The van der Waals surface area contributed by atoms with Crippen LogP contribution >= 0.6 is 0 Å². The number of benzene rings is 2. The lowest BCUT2D eigenvalue weighted by Gasteiger charge is -2.07. The molecule has 3 rings (SSSR count). The average Bonchev–Trinajstić information content (AvgIpc) is 2.76. The van der Waals surface area contributed by atoms with Crippen LogP contribution in [0.15, 0.2) is 58.3 Å². The lowest BCUT2D eigenvalue weighted by atomic mass is 10.1. The Labute approximate surface area is 127 Å². The van der Waals surface area contributed by atoms with Gasteiger partial charge >= 0.3 is 5.97 Å². The van der Waals surface area contributed by atoms with E-state index >= 15 is 0 Å². The smallest absolute Gasteiger partial charge is 0.335 e. The van der Waals surface area contributed by atoms with Crippen molar-refractivity contribution in [1.29, 1.82) is 0 Å². The summed E-state index contributed by atoms with van der Waals surface area (Å²) in [6.07, 6.45) is 1.51. The lowest BCUT2D eigenvalue weighted by Crippen LogP contribution is -2.09. The number of carboxylic acid groups (broad SMARTS) is 1. The van der Waals surface area contributed by atoms with Crippen LogP contribution < -0.4 is 4.74 Å². The van der Waals surface area contributed by atoms with Crippen LogP contribution in [0.5, 0.6) is 5.75 Å². The van der Waals surface area contributed by atoms with E-state index in [1.165, 1.54) is 24.3 Å². The largest absolute Gasteiger partial charge is 0.488 e. The third-order valence-corrected chi connectivity index (χ3v) is 5.19. The monoisotopic (exact) mass is 316 g/mol. The van der Waals surface area contributed by atoms with E-state index < -0.39 is 15.8 Å². The van der Waals surface area contributed by atoms with Crippen LogP contribution in [0.4, 0.5) is 0 Å². The Bertz CT molecular complexity index is 867. The summed E-state index contributed by atoms with van der Waals surface area (Å²) in [5.41, 5.74) is 0.428. The third-order valence-electron chi connectivity index (χ3n) is 3.34. The number of para-hydroxylation sites is 1. The number of fused-ring (bicyclic) bond motifs is 1. The highest BCUT2D eigenvalue weighted by atomic mass is 32.2. The highest BCUT2D eigenvalue weighted by Crippen LogP contribution is 2.33. The maximum Gasteiger partial charge on any atom is 0.335 e. The molecule has 1 heterocycles. The molecule has 0 bridgehead atoms. The summed E-state index contributed by atoms with van der Waals surface area (Å²) >= 11 is 0. The van der Waals surface area contributed by atoms with E-state index in [0.717, 1.165) is 0 Å². The van der Waals surface area contributed by atoms with Gasteiger partial charge in [-0.15, -0.1) is 0 Å². The van der Waals surface area contributed by atoms with Crippen molar-refractivity contribution in [2.45, 2.75) is 4.90 Å². The first-order valence-corrected chi connectivity index (χ1v) is 7.97. The molecule has 0 aliphatic carbocycles. The number of rotatable bonds is 4. The van der Waals surface area contributed by atoms with E-state index in [1.54, 1.807) is 24.3 Å². The summed E-state index contributed by atoms with van der Waals surface area (Å²) in [5, 5.41) is 8.97. The summed E-state index contributed by atoms with van der Waals surface area (Å²) in [5.74, 6) is -0.590. The summed E-state index contributed by atoms with van der Waals surface area (Å²) in [6.45, 7) is -0.0938. The van der Waals surface area contributed by atoms with Gasteiger partial charge in [0.15, 0.2) is 0 Å². The van der Waals surface area contributed by atoms with Gasteiger partial charge in [0.1, 0.15) is 12.4 Å². The van der Waals surface area contributed by atoms with Crippen molar-refractivity contribution in [3.8, 4) is 5.75 Å². The first kappa shape index (κ1) is 14.3. The Hall–Kier alpha value is -2.60. The molecule has 1 aliphatic rings. The van der Waals surface area contributed by atoms with E-state index in [4.69, 9.17) is 9.84 Å². The molecule has 1 aliphatic heterocycles. The molecule has 0 saturated carbocycles. The third kappa shape index (κ3) is 2.48. The fraction of sp³-hybridized carbons (Fsp3) is 0.0625. The SMILES string of the molecule is O=C(O)c1ccc2c(c1)S(=O)(=O)C(COc1ccccc1)=C2. The second-order valence-electron chi connectivity index (χ2n) is 4.77. The number of sulfone groups is 1. The zero-order chi connectivity index (χ0) is 15.7. The molecule has 0 saturated heterocycles. The van der Waals surface area contributed by atoms with Crippen molar-refractivity contribution in [3.63, 3.8) is 0 Å². The molecule has 22 heavy (non-hydrogen) atoms. The Balaban J connectivity index is 1.88. The molecule has 5 nitrogen and oxygen atoms in total. The summed E-state index contributed by atoms with van der Waals surface area (Å²) in [6, 6.07) is 12.9. The summed E-state index contributed by atoms with van der Waals surface area (Å²) in [7, 11) is -3.70. The van der Waals surface area contributed by atoms with Crippen molar-refractivity contribution in [2.24, 2.45) is 0 Å². The van der Waals surface area contributed by atoms with Crippen LogP contribution in [0, 0.1) is 0 Å². The Kier molecular flexibility index (Phi) is 3.46. The Morgan fingerprint density at radius 1 is 1.09 bits per heavy atom. The highest BCUT2D eigenvalue weighted by Gasteiger charge is 2.30. The normalized spacial score (nSPS) is 15.0. The fourth-order valence-corrected chi connectivity index (χ4v) is 3.70. The maximum atomic E-state index is 12.4. The number of hydrogen-bond acceptors (Lipinski definition) is 4. The van der Waals surface area contributed by atoms with Crippen molar-refractivity contribution < 1.29 is 23.1 Å². The van der Waals surface area contributed by atoms with Crippen LogP contribution in [0.2, 0.25) is 0 Å². The van der Waals surface area contributed by atoms with Crippen LogP contribution in [0.3, 0.4) is 0 Å². The van der Waals surface area contributed by atoms with Crippen molar-refractivity contribution in [2.75, 3.05) is 6.61 Å². The van der Waals surface area contributed by atoms with Gasteiger partial charge in [-0.05, 0) is 35.9 Å². The molecule has 1 N–H and O–H groups in total.